The van der Waals surface area contributed by atoms with Gasteiger partial charge in [-0.25, -0.2) is 9.59 Å². The third-order valence-corrected chi connectivity index (χ3v) is 3.79. The zero-order valence-electron chi connectivity index (χ0n) is 16.1. The molecule has 144 valence electrons. The number of nitrogens with one attached hydrogen (secondary N) is 3. The maximum Gasteiger partial charge on any atom is 0.338 e. The van der Waals surface area contributed by atoms with Crippen LogP contribution in [0.15, 0.2) is 24.3 Å². The summed E-state index contributed by atoms with van der Waals surface area (Å²) in [5.41, 5.74) is 1.20. The molecule has 3 N–H and O–H groups in total. The van der Waals surface area contributed by atoms with Crippen LogP contribution in [-0.4, -0.2) is 36.6 Å². The highest BCUT2D eigenvalue weighted by atomic mass is 16.5. The molecule has 7 nitrogen and oxygen atoms in total. The van der Waals surface area contributed by atoms with Crippen LogP contribution in [0.5, 0.6) is 0 Å². The summed E-state index contributed by atoms with van der Waals surface area (Å²) >= 11 is 0. The molecule has 0 aliphatic carbocycles. The molecule has 1 aromatic rings. The van der Waals surface area contributed by atoms with Gasteiger partial charge in [-0.3, -0.25) is 4.79 Å². The molecule has 0 aliphatic rings. The molecule has 0 saturated carbocycles. The van der Waals surface area contributed by atoms with Gasteiger partial charge < -0.3 is 20.7 Å². The van der Waals surface area contributed by atoms with Gasteiger partial charge in [0.15, 0.2) is 6.61 Å². The first-order valence-electron chi connectivity index (χ1n) is 8.78. The van der Waals surface area contributed by atoms with Gasteiger partial charge in [-0.2, -0.15) is 0 Å². The molecule has 0 bridgehead atoms. The topological polar surface area (TPSA) is 96.5 Å². The molecule has 0 radical (unpaired) electrons. The predicted molar refractivity (Wildman–Crippen MR) is 99.7 cm³/mol. The fourth-order valence-electron chi connectivity index (χ4n) is 1.93. The SMILES string of the molecule is CC(C)NC(=O)NCc1ccc(C(=O)OCC(=O)N[C@H](C)C(C)C)cc1. The Morgan fingerprint density at radius 1 is 0.962 bits per heavy atom. The van der Waals surface area contributed by atoms with E-state index in [9.17, 15) is 14.4 Å². The smallest absolute Gasteiger partial charge is 0.338 e. The Bertz CT molecular complexity index is 612. The summed E-state index contributed by atoms with van der Waals surface area (Å²) in [4.78, 5) is 35.3. The molecule has 0 saturated heterocycles. The van der Waals surface area contributed by atoms with Crippen LogP contribution in [0.4, 0.5) is 4.79 Å². The van der Waals surface area contributed by atoms with Gasteiger partial charge in [-0.15, -0.1) is 0 Å². The fraction of sp³-hybridized carbons (Fsp3) is 0.526. The second-order valence-corrected chi connectivity index (χ2v) is 6.85. The van der Waals surface area contributed by atoms with E-state index in [4.69, 9.17) is 4.74 Å². The van der Waals surface area contributed by atoms with Crippen molar-refractivity contribution in [2.75, 3.05) is 6.61 Å². The van der Waals surface area contributed by atoms with Gasteiger partial charge in [0.05, 0.1) is 5.56 Å². The Kier molecular flexibility index (Phi) is 8.61. The largest absolute Gasteiger partial charge is 0.452 e. The van der Waals surface area contributed by atoms with Crippen molar-refractivity contribution >= 4 is 17.9 Å². The van der Waals surface area contributed by atoms with E-state index < -0.39 is 5.97 Å². The molecular weight excluding hydrogens is 334 g/mol. The third-order valence-electron chi connectivity index (χ3n) is 3.79. The van der Waals surface area contributed by atoms with E-state index in [-0.39, 0.29) is 30.6 Å². The number of carbonyl (C=O) groups excluding carboxylic acids is 3. The number of amides is 3. The molecule has 26 heavy (non-hydrogen) atoms. The summed E-state index contributed by atoms with van der Waals surface area (Å²) in [7, 11) is 0. The lowest BCUT2D eigenvalue weighted by Gasteiger charge is -2.17. The van der Waals surface area contributed by atoms with Crippen molar-refractivity contribution in [2.45, 2.75) is 53.2 Å². The van der Waals surface area contributed by atoms with Crippen LogP contribution in [0.3, 0.4) is 0 Å². The van der Waals surface area contributed by atoms with Crippen LogP contribution in [0, 0.1) is 5.92 Å². The molecule has 0 spiro atoms. The highest BCUT2D eigenvalue weighted by Gasteiger charge is 2.14. The predicted octanol–water partition coefficient (Wildman–Crippen LogP) is 2.21. The Hall–Kier alpha value is -2.57. The molecule has 0 heterocycles. The van der Waals surface area contributed by atoms with E-state index in [1.165, 1.54) is 0 Å². The number of carbonyl (C=O) groups is 3. The minimum Gasteiger partial charge on any atom is -0.452 e. The van der Waals surface area contributed by atoms with E-state index >= 15 is 0 Å². The molecule has 1 atom stereocenters. The third kappa shape index (κ3) is 8.00. The van der Waals surface area contributed by atoms with Crippen molar-refractivity contribution in [3.05, 3.63) is 35.4 Å². The summed E-state index contributed by atoms with van der Waals surface area (Å²) in [6, 6.07) is 6.50. The summed E-state index contributed by atoms with van der Waals surface area (Å²) in [5.74, 6) is -0.579. The molecule has 0 unspecified atom stereocenters. The van der Waals surface area contributed by atoms with Crippen LogP contribution in [0.1, 0.15) is 50.5 Å². The fourth-order valence-corrected chi connectivity index (χ4v) is 1.93. The number of esters is 1. The van der Waals surface area contributed by atoms with Gasteiger partial charge >= 0.3 is 12.0 Å². The van der Waals surface area contributed by atoms with E-state index in [0.717, 1.165) is 5.56 Å². The van der Waals surface area contributed by atoms with E-state index in [2.05, 4.69) is 16.0 Å². The highest BCUT2D eigenvalue weighted by Crippen LogP contribution is 2.06. The van der Waals surface area contributed by atoms with Gasteiger partial charge in [0.25, 0.3) is 5.91 Å². The van der Waals surface area contributed by atoms with E-state index in [1.807, 2.05) is 34.6 Å². The first-order chi connectivity index (χ1) is 12.2. The average Bonchev–Trinajstić information content (AvgIpc) is 2.57. The lowest BCUT2D eigenvalue weighted by molar-refractivity contribution is -0.125. The number of rotatable bonds is 8. The molecule has 1 aromatic carbocycles. The Morgan fingerprint density at radius 3 is 2.12 bits per heavy atom. The van der Waals surface area contributed by atoms with Crippen LogP contribution >= 0.6 is 0 Å². The molecule has 0 fully saturated rings. The second-order valence-electron chi connectivity index (χ2n) is 6.85. The monoisotopic (exact) mass is 363 g/mol. The average molecular weight is 363 g/mol. The van der Waals surface area contributed by atoms with Crippen LogP contribution in [-0.2, 0) is 16.1 Å². The number of urea groups is 1. The van der Waals surface area contributed by atoms with Crippen molar-refractivity contribution in [2.24, 2.45) is 5.92 Å². The van der Waals surface area contributed by atoms with Crippen molar-refractivity contribution < 1.29 is 19.1 Å². The zero-order valence-corrected chi connectivity index (χ0v) is 16.1. The lowest BCUT2D eigenvalue weighted by Crippen LogP contribution is -2.39. The van der Waals surface area contributed by atoms with Crippen molar-refractivity contribution in [1.82, 2.24) is 16.0 Å². The quantitative estimate of drug-likeness (QED) is 0.617. The first kappa shape index (κ1) is 21.5. The minimum absolute atomic E-state index is 0.0147. The van der Waals surface area contributed by atoms with Crippen molar-refractivity contribution in [3.63, 3.8) is 0 Å². The summed E-state index contributed by atoms with van der Waals surface area (Å²) in [5, 5.41) is 8.23. The van der Waals surface area contributed by atoms with Gasteiger partial charge in [0, 0.05) is 18.6 Å². The van der Waals surface area contributed by atoms with Crippen LogP contribution < -0.4 is 16.0 Å². The first-order valence-corrected chi connectivity index (χ1v) is 8.78. The number of hydrogen-bond acceptors (Lipinski definition) is 4. The normalized spacial score (nSPS) is 11.8. The molecule has 0 aliphatic heterocycles. The van der Waals surface area contributed by atoms with Gasteiger partial charge in [0.2, 0.25) is 0 Å². The maximum absolute atomic E-state index is 12.0. The Morgan fingerprint density at radius 2 is 1.58 bits per heavy atom. The molecule has 3 amide bonds. The summed E-state index contributed by atoms with van der Waals surface area (Å²) < 4.78 is 5.02. The van der Waals surface area contributed by atoms with E-state index in [1.54, 1.807) is 24.3 Å². The lowest BCUT2D eigenvalue weighted by atomic mass is 10.1. The van der Waals surface area contributed by atoms with Crippen LogP contribution in [0.2, 0.25) is 0 Å². The van der Waals surface area contributed by atoms with Gasteiger partial charge in [-0.05, 0) is 44.4 Å². The Labute approximate surface area is 154 Å². The number of hydrogen-bond donors (Lipinski definition) is 3. The molecule has 7 heteroatoms. The van der Waals surface area contributed by atoms with Gasteiger partial charge in [0.1, 0.15) is 0 Å². The van der Waals surface area contributed by atoms with Crippen LogP contribution in [0.25, 0.3) is 0 Å². The minimum atomic E-state index is -0.561. The molecule has 0 aromatic heterocycles. The highest BCUT2D eigenvalue weighted by molar-refractivity contribution is 5.91. The van der Waals surface area contributed by atoms with Crippen molar-refractivity contribution in [1.29, 1.82) is 0 Å². The molecule has 1 rings (SSSR count). The van der Waals surface area contributed by atoms with Crippen molar-refractivity contribution in [3.8, 4) is 0 Å². The number of benzene rings is 1. The van der Waals surface area contributed by atoms with Gasteiger partial charge in [-0.1, -0.05) is 26.0 Å². The molecular formula is C19H29N3O4. The standard InChI is InChI=1S/C19H29N3O4/c1-12(2)14(5)22-17(23)11-26-18(24)16-8-6-15(7-9-16)10-20-19(25)21-13(3)4/h6-9,12-14H,10-11H2,1-5H3,(H,22,23)(H2,20,21,25)/t14-/m1/s1. The Balaban J connectivity index is 2.44. The maximum atomic E-state index is 12.0. The second kappa shape index (κ2) is 10.4. The zero-order chi connectivity index (χ0) is 19.7. The number of ether oxygens (including phenoxy) is 1. The summed E-state index contributed by atoms with van der Waals surface area (Å²) in [6.07, 6.45) is 0. The summed E-state index contributed by atoms with van der Waals surface area (Å²) in [6.45, 7) is 9.70. The van der Waals surface area contributed by atoms with E-state index in [0.29, 0.717) is 18.0 Å².